The molecule has 1 aliphatic rings. The number of carbonyl (C=O) groups is 4. The van der Waals surface area contributed by atoms with Crippen molar-refractivity contribution in [1.29, 1.82) is 0 Å². The first-order valence-corrected chi connectivity index (χ1v) is 17.5. The molecule has 1 saturated heterocycles. The van der Waals surface area contributed by atoms with E-state index in [-0.39, 0.29) is 24.0 Å². The number of sulfone groups is 1. The van der Waals surface area contributed by atoms with Gasteiger partial charge in [0.05, 0.1) is 17.7 Å². The van der Waals surface area contributed by atoms with Gasteiger partial charge in [-0.05, 0) is 44.9 Å². The topological polar surface area (TPSA) is 175 Å². The Labute approximate surface area is 266 Å². The highest BCUT2D eigenvalue weighted by molar-refractivity contribution is 7.99. The molecule has 3 aromatic rings. The van der Waals surface area contributed by atoms with E-state index in [1.807, 2.05) is 20.8 Å². The zero-order valence-corrected chi connectivity index (χ0v) is 27.1. The third-order valence-electron chi connectivity index (χ3n) is 6.97. The van der Waals surface area contributed by atoms with Crippen molar-refractivity contribution in [2.75, 3.05) is 23.6 Å². The molecule has 12 nitrogen and oxygen atoms in total. The maximum absolute atomic E-state index is 13.6. The van der Waals surface area contributed by atoms with Gasteiger partial charge in [0.1, 0.15) is 27.5 Å². The Morgan fingerprint density at radius 1 is 1.04 bits per heavy atom. The van der Waals surface area contributed by atoms with Crippen LogP contribution < -0.4 is 16.0 Å². The lowest BCUT2D eigenvalue weighted by Gasteiger charge is -2.32. The Morgan fingerprint density at radius 2 is 1.71 bits per heavy atom. The van der Waals surface area contributed by atoms with Crippen molar-refractivity contribution in [1.82, 2.24) is 20.9 Å². The van der Waals surface area contributed by atoms with E-state index < -0.39 is 63.1 Å². The van der Waals surface area contributed by atoms with Crippen LogP contribution in [-0.2, 0) is 30.6 Å². The smallest absolute Gasteiger partial charge is 0.287 e. The van der Waals surface area contributed by atoms with E-state index in [0.29, 0.717) is 22.3 Å². The van der Waals surface area contributed by atoms with Crippen molar-refractivity contribution in [2.24, 2.45) is 0 Å². The van der Waals surface area contributed by atoms with Gasteiger partial charge in [0.15, 0.2) is 11.9 Å². The zero-order chi connectivity index (χ0) is 32.9. The number of benzene rings is 2. The standard InChI is InChI=1S/C31H38N4O8S2/c1-31(2,3)34-28(38)23-16-44-18-35(23)30(40)26(36)21(14-19-10-6-5-7-11-19)32-27(37)22(17-45(4,41)42)33-29(39)25-15-20-12-8-9-13-24(20)43-25/h5-13,15,21-23,26,36H,14,16-18H2,1-4H3,(H,32,37)(H,33,39)(H,34,38)/t21-,22-,23-,26-/m0/s1. The number of amides is 4. The van der Waals surface area contributed by atoms with Crippen LogP contribution in [0.1, 0.15) is 36.9 Å². The quantitative estimate of drug-likeness (QED) is 0.238. The van der Waals surface area contributed by atoms with Gasteiger partial charge in [0, 0.05) is 22.9 Å². The molecule has 4 amide bonds. The SMILES string of the molecule is CC(C)(C)NC(=O)[C@@H]1CSCN1C(=O)[C@@H](O)[C@H](Cc1ccccc1)NC(=O)[C@H](CS(C)(=O)=O)NC(=O)c1cc2ccccc2o1. The van der Waals surface area contributed by atoms with Crippen molar-refractivity contribution < 1.29 is 37.1 Å². The summed E-state index contributed by atoms with van der Waals surface area (Å²) in [5, 5.41) is 19.9. The number of nitrogens with one attached hydrogen (secondary N) is 3. The van der Waals surface area contributed by atoms with Gasteiger partial charge in [-0.1, -0.05) is 48.5 Å². The van der Waals surface area contributed by atoms with Crippen LogP contribution in [0, 0.1) is 0 Å². The Kier molecular flexibility index (Phi) is 10.6. The summed E-state index contributed by atoms with van der Waals surface area (Å²) in [5.74, 6) is -3.23. The van der Waals surface area contributed by atoms with Crippen LogP contribution in [-0.4, -0.2) is 95.5 Å². The molecule has 0 aliphatic carbocycles. The average Bonchev–Trinajstić information content (AvgIpc) is 3.62. The second-order valence-corrected chi connectivity index (χ2v) is 15.3. The van der Waals surface area contributed by atoms with Gasteiger partial charge in [0.25, 0.3) is 11.8 Å². The maximum Gasteiger partial charge on any atom is 0.287 e. The molecule has 242 valence electrons. The first kappa shape index (κ1) is 34.0. The van der Waals surface area contributed by atoms with E-state index in [2.05, 4.69) is 16.0 Å². The van der Waals surface area contributed by atoms with E-state index >= 15 is 0 Å². The summed E-state index contributed by atoms with van der Waals surface area (Å²) in [7, 11) is -3.79. The number of para-hydroxylation sites is 1. The van der Waals surface area contributed by atoms with Crippen LogP contribution in [0.2, 0.25) is 0 Å². The number of hydrogen-bond acceptors (Lipinski definition) is 9. The van der Waals surface area contributed by atoms with Crippen LogP contribution in [0.25, 0.3) is 11.0 Å². The summed E-state index contributed by atoms with van der Waals surface area (Å²) in [4.78, 5) is 54.6. The number of rotatable bonds is 11. The Hall–Kier alpha value is -3.88. The molecule has 0 spiro atoms. The van der Waals surface area contributed by atoms with Gasteiger partial charge in [-0.2, -0.15) is 0 Å². The predicted octanol–water partition coefficient (Wildman–Crippen LogP) is 1.48. The van der Waals surface area contributed by atoms with Gasteiger partial charge in [-0.25, -0.2) is 8.42 Å². The van der Waals surface area contributed by atoms with Crippen LogP contribution in [0.4, 0.5) is 0 Å². The molecule has 45 heavy (non-hydrogen) atoms. The second-order valence-electron chi connectivity index (χ2n) is 12.1. The monoisotopic (exact) mass is 658 g/mol. The molecule has 4 rings (SSSR count). The first-order valence-electron chi connectivity index (χ1n) is 14.3. The third-order valence-corrected chi connectivity index (χ3v) is 8.92. The van der Waals surface area contributed by atoms with Crippen molar-refractivity contribution in [3.8, 4) is 0 Å². The maximum atomic E-state index is 13.6. The molecule has 1 aromatic heterocycles. The minimum absolute atomic E-state index is 0.00242. The minimum atomic E-state index is -3.79. The largest absolute Gasteiger partial charge is 0.451 e. The molecule has 2 heterocycles. The van der Waals surface area contributed by atoms with Gasteiger partial charge in [0.2, 0.25) is 11.8 Å². The van der Waals surface area contributed by atoms with Crippen LogP contribution in [0.15, 0.2) is 65.1 Å². The summed E-state index contributed by atoms with van der Waals surface area (Å²) < 4.78 is 30.2. The summed E-state index contributed by atoms with van der Waals surface area (Å²) in [6, 6.07) is 13.5. The zero-order valence-electron chi connectivity index (χ0n) is 25.5. The summed E-state index contributed by atoms with van der Waals surface area (Å²) in [6.45, 7) is 5.46. The number of hydrogen-bond donors (Lipinski definition) is 4. The summed E-state index contributed by atoms with van der Waals surface area (Å²) >= 11 is 1.36. The molecular weight excluding hydrogens is 620 g/mol. The first-order chi connectivity index (χ1) is 21.1. The van der Waals surface area contributed by atoms with E-state index in [1.165, 1.54) is 22.7 Å². The van der Waals surface area contributed by atoms with Crippen molar-refractivity contribution >= 4 is 56.2 Å². The second kappa shape index (κ2) is 14.0. The highest BCUT2D eigenvalue weighted by atomic mass is 32.2. The van der Waals surface area contributed by atoms with Crippen molar-refractivity contribution in [3.63, 3.8) is 0 Å². The Balaban J connectivity index is 1.57. The number of carbonyl (C=O) groups excluding carboxylic acids is 4. The highest BCUT2D eigenvalue weighted by Crippen LogP contribution is 2.24. The summed E-state index contributed by atoms with van der Waals surface area (Å²) in [6.07, 6.45) is -0.862. The fourth-order valence-electron chi connectivity index (χ4n) is 4.87. The highest BCUT2D eigenvalue weighted by Gasteiger charge is 2.41. The van der Waals surface area contributed by atoms with Crippen LogP contribution in [0.5, 0.6) is 0 Å². The van der Waals surface area contributed by atoms with Gasteiger partial charge < -0.3 is 30.4 Å². The lowest BCUT2D eigenvalue weighted by molar-refractivity contribution is -0.147. The van der Waals surface area contributed by atoms with Gasteiger partial charge in [-0.3, -0.25) is 19.2 Å². The normalized spacial score (nSPS) is 17.4. The minimum Gasteiger partial charge on any atom is -0.451 e. The molecule has 14 heteroatoms. The lowest BCUT2D eigenvalue weighted by atomic mass is 9.99. The summed E-state index contributed by atoms with van der Waals surface area (Å²) in [5.41, 5.74) is 0.576. The molecule has 0 saturated carbocycles. The Morgan fingerprint density at radius 3 is 2.36 bits per heavy atom. The van der Waals surface area contributed by atoms with E-state index in [4.69, 9.17) is 4.42 Å². The number of aliphatic hydroxyl groups excluding tert-OH is 1. The van der Waals surface area contributed by atoms with Crippen LogP contribution in [0.3, 0.4) is 0 Å². The molecule has 1 aliphatic heterocycles. The lowest BCUT2D eigenvalue weighted by Crippen LogP contribution is -2.60. The third kappa shape index (κ3) is 9.31. The number of fused-ring (bicyclic) bond motifs is 1. The van der Waals surface area contributed by atoms with Crippen molar-refractivity contribution in [2.45, 2.75) is 57.0 Å². The average molecular weight is 659 g/mol. The molecule has 0 radical (unpaired) electrons. The number of furan rings is 1. The van der Waals surface area contributed by atoms with E-state index in [0.717, 1.165) is 6.26 Å². The fraction of sp³-hybridized carbons (Fsp3) is 0.419. The molecule has 1 fully saturated rings. The molecule has 4 N–H and O–H groups in total. The number of thioether (sulfide) groups is 1. The van der Waals surface area contributed by atoms with Gasteiger partial charge in [-0.15, -0.1) is 11.8 Å². The van der Waals surface area contributed by atoms with E-state index in [1.54, 1.807) is 54.6 Å². The number of nitrogens with zero attached hydrogens (tertiary/aromatic N) is 1. The van der Waals surface area contributed by atoms with Crippen molar-refractivity contribution in [3.05, 3.63) is 72.0 Å². The predicted molar refractivity (Wildman–Crippen MR) is 171 cm³/mol. The molecule has 4 atom stereocenters. The molecule has 0 unspecified atom stereocenters. The van der Waals surface area contributed by atoms with Gasteiger partial charge >= 0.3 is 0 Å². The number of aliphatic hydroxyl groups is 1. The van der Waals surface area contributed by atoms with Crippen LogP contribution >= 0.6 is 11.8 Å². The molecule has 2 aromatic carbocycles. The fourth-order valence-corrected chi connectivity index (χ4v) is 6.88. The molecular formula is C31H38N4O8S2. The molecule has 0 bridgehead atoms. The Bertz CT molecular complexity index is 1620. The van der Waals surface area contributed by atoms with E-state index in [9.17, 15) is 32.7 Å².